The van der Waals surface area contributed by atoms with E-state index in [0.29, 0.717) is 12.0 Å². The molecular weight excluding hydrogens is 268 g/mol. The van der Waals surface area contributed by atoms with Gasteiger partial charge >= 0.3 is 5.97 Å². The number of H-pyrrole nitrogens is 1. The number of benzene rings is 1. The van der Waals surface area contributed by atoms with E-state index in [-0.39, 0.29) is 18.0 Å². The average molecular weight is 284 g/mol. The normalized spacial score (nSPS) is 27.4. The fourth-order valence-corrected chi connectivity index (χ4v) is 3.98. The summed E-state index contributed by atoms with van der Waals surface area (Å²) in [5.41, 5.74) is 1.60. The number of nitrogens with one attached hydrogen (secondary N) is 1. The molecule has 5 heteroatoms. The number of nitrogens with zero attached hydrogens (tertiary/aromatic N) is 1. The second-order valence-corrected chi connectivity index (χ2v) is 5.94. The lowest BCUT2D eigenvalue weighted by Crippen LogP contribution is -2.37. The number of aromatic nitrogens is 1. The van der Waals surface area contributed by atoms with Crippen molar-refractivity contribution in [3.63, 3.8) is 0 Å². The summed E-state index contributed by atoms with van der Waals surface area (Å²) < 4.78 is 0. The van der Waals surface area contributed by atoms with Gasteiger partial charge in [-0.3, -0.25) is 9.59 Å². The molecule has 0 aliphatic carbocycles. The van der Waals surface area contributed by atoms with Crippen LogP contribution in [0.1, 0.15) is 29.6 Å². The smallest absolute Gasteiger partial charge is 0.308 e. The molecule has 2 fully saturated rings. The molecule has 1 aromatic carbocycles. The van der Waals surface area contributed by atoms with Crippen LogP contribution in [0.4, 0.5) is 0 Å². The summed E-state index contributed by atoms with van der Waals surface area (Å²) >= 11 is 0. The third-order valence-corrected chi connectivity index (χ3v) is 4.91. The minimum absolute atomic E-state index is 0.0311. The summed E-state index contributed by atoms with van der Waals surface area (Å²) in [6.07, 6.45) is 4.13. The number of carboxylic acids is 1. The Kier molecular flexibility index (Phi) is 2.58. The van der Waals surface area contributed by atoms with E-state index in [1.54, 1.807) is 0 Å². The van der Waals surface area contributed by atoms with Crippen molar-refractivity contribution in [1.29, 1.82) is 0 Å². The third-order valence-electron chi connectivity index (χ3n) is 4.91. The summed E-state index contributed by atoms with van der Waals surface area (Å²) in [6.45, 7) is 0. The highest BCUT2D eigenvalue weighted by molar-refractivity contribution is 6.07. The first kappa shape index (κ1) is 12.4. The molecule has 3 unspecified atom stereocenters. The quantitative estimate of drug-likeness (QED) is 0.888. The molecule has 2 bridgehead atoms. The SMILES string of the molecule is O=C(O)C1CC2CCC1N2C(=O)c1cccc2[nH]ccc12. The van der Waals surface area contributed by atoms with Gasteiger partial charge in [0.05, 0.1) is 5.92 Å². The minimum Gasteiger partial charge on any atom is -0.481 e. The fourth-order valence-electron chi connectivity index (χ4n) is 3.98. The summed E-state index contributed by atoms with van der Waals surface area (Å²) in [6, 6.07) is 7.46. The van der Waals surface area contributed by atoms with Crippen LogP contribution in [-0.4, -0.2) is 39.0 Å². The lowest BCUT2D eigenvalue weighted by Gasteiger charge is -2.23. The Labute approximate surface area is 121 Å². The maximum atomic E-state index is 12.9. The van der Waals surface area contributed by atoms with E-state index in [1.807, 2.05) is 35.4 Å². The Morgan fingerprint density at radius 2 is 2.10 bits per heavy atom. The maximum Gasteiger partial charge on any atom is 0.308 e. The van der Waals surface area contributed by atoms with Crippen molar-refractivity contribution < 1.29 is 14.7 Å². The Balaban J connectivity index is 1.73. The number of fused-ring (bicyclic) bond motifs is 3. The third kappa shape index (κ3) is 1.70. The number of carbonyl (C=O) groups excluding carboxylic acids is 1. The summed E-state index contributed by atoms with van der Waals surface area (Å²) in [7, 11) is 0. The molecule has 0 spiro atoms. The molecule has 0 saturated carbocycles. The number of hydrogen-bond acceptors (Lipinski definition) is 2. The number of aromatic amines is 1. The lowest BCUT2D eigenvalue weighted by molar-refractivity contribution is -0.142. The van der Waals surface area contributed by atoms with Crippen molar-refractivity contribution in [2.45, 2.75) is 31.3 Å². The molecule has 2 N–H and O–H groups in total. The standard InChI is InChI=1S/C16H16N2O3/c19-15(11-2-1-3-13-10(11)6-7-17-13)18-9-4-5-14(18)12(8-9)16(20)21/h1-3,6-7,9,12,14,17H,4-5,8H2,(H,20,21). The number of aliphatic carboxylic acids is 1. The Morgan fingerprint density at radius 1 is 1.24 bits per heavy atom. The minimum atomic E-state index is -0.778. The topological polar surface area (TPSA) is 73.4 Å². The van der Waals surface area contributed by atoms with Crippen LogP contribution < -0.4 is 0 Å². The van der Waals surface area contributed by atoms with Gasteiger partial charge in [-0.2, -0.15) is 0 Å². The number of rotatable bonds is 2. The van der Waals surface area contributed by atoms with Gasteiger partial charge in [-0.05, 0) is 37.5 Å². The molecule has 1 amide bonds. The van der Waals surface area contributed by atoms with Crippen LogP contribution in [0.15, 0.2) is 30.5 Å². The van der Waals surface area contributed by atoms with Gasteiger partial charge in [0.1, 0.15) is 0 Å². The van der Waals surface area contributed by atoms with Crippen LogP contribution in [-0.2, 0) is 4.79 Å². The van der Waals surface area contributed by atoms with E-state index in [4.69, 9.17) is 0 Å². The van der Waals surface area contributed by atoms with E-state index >= 15 is 0 Å². The van der Waals surface area contributed by atoms with Crippen molar-refractivity contribution in [3.05, 3.63) is 36.0 Å². The molecule has 1 aromatic heterocycles. The highest BCUT2D eigenvalue weighted by Gasteiger charge is 2.51. The van der Waals surface area contributed by atoms with Crippen molar-refractivity contribution >= 4 is 22.8 Å². The predicted octanol–water partition coefficient (Wildman–Crippen LogP) is 2.25. The first-order valence-corrected chi connectivity index (χ1v) is 7.28. The molecule has 2 aliphatic heterocycles. The van der Waals surface area contributed by atoms with Crippen LogP contribution in [0.5, 0.6) is 0 Å². The number of carboxylic acid groups (broad SMARTS) is 1. The first-order chi connectivity index (χ1) is 10.2. The second-order valence-electron chi connectivity index (χ2n) is 5.94. The highest BCUT2D eigenvalue weighted by atomic mass is 16.4. The molecule has 3 heterocycles. The molecule has 108 valence electrons. The fraction of sp³-hybridized carbons (Fsp3) is 0.375. The lowest BCUT2D eigenvalue weighted by atomic mass is 9.89. The zero-order valence-corrected chi connectivity index (χ0v) is 11.5. The van der Waals surface area contributed by atoms with Crippen molar-refractivity contribution in [2.75, 3.05) is 0 Å². The molecule has 2 aromatic rings. The monoisotopic (exact) mass is 284 g/mol. The maximum absolute atomic E-state index is 12.9. The highest BCUT2D eigenvalue weighted by Crippen LogP contribution is 2.43. The van der Waals surface area contributed by atoms with Gasteiger partial charge in [-0.25, -0.2) is 0 Å². The van der Waals surface area contributed by atoms with E-state index in [1.165, 1.54) is 0 Å². The number of amides is 1. The van der Waals surface area contributed by atoms with Crippen LogP contribution >= 0.6 is 0 Å². The molecule has 2 aliphatic rings. The molecular formula is C16H16N2O3. The molecule has 3 atom stereocenters. The van der Waals surface area contributed by atoms with Crippen molar-refractivity contribution in [3.8, 4) is 0 Å². The Hall–Kier alpha value is -2.30. The van der Waals surface area contributed by atoms with Gasteiger partial charge in [0, 0.05) is 34.7 Å². The summed E-state index contributed by atoms with van der Waals surface area (Å²) in [4.78, 5) is 29.2. The van der Waals surface area contributed by atoms with E-state index in [2.05, 4.69) is 4.98 Å². The Bertz CT molecular complexity index is 736. The van der Waals surface area contributed by atoms with Crippen LogP contribution in [0.25, 0.3) is 10.9 Å². The van der Waals surface area contributed by atoms with Gasteiger partial charge in [0.2, 0.25) is 0 Å². The Morgan fingerprint density at radius 3 is 2.86 bits per heavy atom. The average Bonchev–Trinajstić information content (AvgIpc) is 3.19. The second kappa shape index (κ2) is 4.35. The number of hydrogen-bond donors (Lipinski definition) is 2. The largest absolute Gasteiger partial charge is 0.481 e. The van der Waals surface area contributed by atoms with Crippen LogP contribution in [0.2, 0.25) is 0 Å². The zero-order chi connectivity index (χ0) is 14.6. The zero-order valence-electron chi connectivity index (χ0n) is 11.5. The first-order valence-electron chi connectivity index (χ1n) is 7.28. The summed E-state index contributed by atoms with van der Waals surface area (Å²) in [5.74, 6) is -1.21. The number of carbonyl (C=O) groups is 2. The van der Waals surface area contributed by atoms with Crippen LogP contribution in [0, 0.1) is 5.92 Å². The molecule has 5 nitrogen and oxygen atoms in total. The van der Waals surface area contributed by atoms with Crippen molar-refractivity contribution in [1.82, 2.24) is 9.88 Å². The van der Waals surface area contributed by atoms with Gasteiger partial charge in [-0.1, -0.05) is 6.07 Å². The van der Waals surface area contributed by atoms with E-state index < -0.39 is 11.9 Å². The van der Waals surface area contributed by atoms with Crippen molar-refractivity contribution in [2.24, 2.45) is 5.92 Å². The van der Waals surface area contributed by atoms with Gasteiger partial charge in [0.15, 0.2) is 0 Å². The summed E-state index contributed by atoms with van der Waals surface area (Å²) in [5, 5.41) is 10.2. The van der Waals surface area contributed by atoms with E-state index in [0.717, 1.165) is 23.7 Å². The molecule has 4 rings (SSSR count). The predicted molar refractivity (Wildman–Crippen MR) is 77.0 cm³/mol. The molecule has 2 saturated heterocycles. The van der Waals surface area contributed by atoms with Gasteiger partial charge < -0.3 is 15.0 Å². The van der Waals surface area contributed by atoms with Gasteiger partial charge in [-0.15, -0.1) is 0 Å². The van der Waals surface area contributed by atoms with Gasteiger partial charge in [0.25, 0.3) is 5.91 Å². The van der Waals surface area contributed by atoms with E-state index in [9.17, 15) is 14.7 Å². The molecule has 21 heavy (non-hydrogen) atoms. The van der Waals surface area contributed by atoms with Crippen LogP contribution in [0.3, 0.4) is 0 Å². The molecule has 0 radical (unpaired) electrons.